The third-order valence-corrected chi connectivity index (χ3v) is 2.46. The van der Waals surface area contributed by atoms with E-state index in [1.165, 1.54) is 0 Å². The summed E-state index contributed by atoms with van der Waals surface area (Å²) in [6.45, 7) is 2.13. The first-order valence-electron chi connectivity index (χ1n) is 6.02. The van der Waals surface area contributed by atoms with Gasteiger partial charge in [0, 0.05) is 12.0 Å². The van der Waals surface area contributed by atoms with Crippen LogP contribution in [0.1, 0.15) is 49.4 Å². The molecule has 0 unspecified atom stereocenters. The Balaban J connectivity index is 2.36. The van der Waals surface area contributed by atoms with Crippen LogP contribution < -0.4 is 4.74 Å². The maximum absolute atomic E-state index is 11.5. The van der Waals surface area contributed by atoms with Gasteiger partial charge in [0.1, 0.15) is 12.0 Å². The fraction of sp³-hybridized carbons (Fsp3) is 0.429. The topological polar surface area (TPSA) is 43.4 Å². The molecule has 0 aliphatic rings. The monoisotopic (exact) mass is 234 g/mol. The number of rotatable bonds is 7. The average molecular weight is 234 g/mol. The van der Waals surface area contributed by atoms with Gasteiger partial charge in [-0.1, -0.05) is 38.3 Å². The van der Waals surface area contributed by atoms with Crippen molar-refractivity contribution in [1.82, 2.24) is 0 Å². The van der Waals surface area contributed by atoms with E-state index < -0.39 is 0 Å². The molecule has 92 valence electrons. The molecule has 0 radical (unpaired) electrons. The van der Waals surface area contributed by atoms with Crippen molar-refractivity contribution in [2.75, 3.05) is 0 Å². The number of carbonyl (C=O) groups excluding carboxylic acids is 2. The van der Waals surface area contributed by atoms with Gasteiger partial charge in [-0.2, -0.15) is 0 Å². The summed E-state index contributed by atoms with van der Waals surface area (Å²) in [5.74, 6) is 0.208. The van der Waals surface area contributed by atoms with Crippen molar-refractivity contribution < 1.29 is 14.3 Å². The quantitative estimate of drug-likeness (QED) is 0.314. The highest BCUT2D eigenvalue weighted by atomic mass is 16.5. The minimum absolute atomic E-state index is 0.232. The molecule has 1 rings (SSSR count). The highest BCUT2D eigenvalue weighted by Crippen LogP contribution is 2.13. The Morgan fingerprint density at radius 1 is 1.29 bits per heavy atom. The number of ether oxygens (including phenoxy) is 1. The first-order chi connectivity index (χ1) is 8.26. The van der Waals surface area contributed by atoms with Crippen molar-refractivity contribution in [3.8, 4) is 5.75 Å². The van der Waals surface area contributed by atoms with Gasteiger partial charge in [-0.15, -0.1) is 0 Å². The summed E-state index contributed by atoms with van der Waals surface area (Å²) in [7, 11) is 0. The van der Waals surface area contributed by atoms with Crippen LogP contribution in [-0.4, -0.2) is 12.3 Å². The Morgan fingerprint density at radius 2 is 2.12 bits per heavy atom. The summed E-state index contributed by atoms with van der Waals surface area (Å²) < 4.78 is 5.14. The molecule has 17 heavy (non-hydrogen) atoms. The number of hydrogen-bond acceptors (Lipinski definition) is 3. The zero-order valence-electron chi connectivity index (χ0n) is 10.1. The number of benzene rings is 1. The van der Waals surface area contributed by atoms with Crippen LogP contribution in [0, 0.1) is 0 Å². The van der Waals surface area contributed by atoms with Crippen molar-refractivity contribution in [1.29, 1.82) is 0 Å². The third kappa shape index (κ3) is 5.29. The summed E-state index contributed by atoms with van der Waals surface area (Å²) in [6.07, 6.45) is 5.38. The lowest BCUT2D eigenvalue weighted by Gasteiger charge is -2.04. The molecule has 0 bridgehead atoms. The molecule has 0 aromatic heterocycles. The van der Waals surface area contributed by atoms with Crippen LogP contribution in [0.2, 0.25) is 0 Å². The molecule has 1 aromatic carbocycles. The Kier molecular flexibility index (Phi) is 6.00. The largest absolute Gasteiger partial charge is 0.427 e. The van der Waals surface area contributed by atoms with Crippen LogP contribution in [0.5, 0.6) is 5.75 Å². The SMILES string of the molecule is CCCCCCC(=O)Oc1cccc(C=O)c1. The smallest absolute Gasteiger partial charge is 0.311 e. The van der Waals surface area contributed by atoms with E-state index in [-0.39, 0.29) is 5.97 Å². The lowest BCUT2D eigenvalue weighted by molar-refractivity contribution is -0.134. The van der Waals surface area contributed by atoms with Crippen molar-refractivity contribution in [3.05, 3.63) is 29.8 Å². The van der Waals surface area contributed by atoms with E-state index in [2.05, 4.69) is 6.92 Å². The van der Waals surface area contributed by atoms with Gasteiger partial charge in [0.2, 0.25) is 0 Å². The molecule has 3 nitrogen and oxygen atoms in total. The predicted octanol–water partition coefficient (Wildman–Crippen LogP) is 3.37. The average Bonchev–Trinajstić information content (AvgIpc) is 2.35. The summed E-state index contributed by atoms with van der Waals surface area (Å²) in [5.41, 5.74) is 0.515. The summed E-state index contributed by atoms with van der Waals surface area (Å²) in [4.78, 5) is 22.0. The van der Waals surface area contributed by atoms with Crippen molar-refractivity contribution in [2.24, 2.45) is 0 Å². The highest BCUT2D eigenvalue weighted by molar-refractivity contribution is 5.77. The molecular formula is C14H18O3. The van der Waals surface area contributed by atoms with E-state index in [1.54, 1.807) is 24.3 Å². The summed E-state index contributed by atoms with van der Waals surface area (Å²) in [5, 5.41) is 0. The fourth-order valence-electron chi connectivity index (χ4n) is 1.53. The molecule has 0 heterocycles. The van der Waals surface area contributed by atoms with Gasteiger partial charge >= 0.3 is 5.97 Å². The van der Waals surface area contributed by atoms with E-state index >= 15 is 0 Å². The van der Waals surface area contributed by atoms with Gasteiger partial charge in [0.15, 0.2) is 0 Å². The maximum Gasteiger partial charge on any atom is 0.311 e. The number of esters is 1. The van der Waals surface area contributed by atoms with Gasteiger partial charge in [0.05, 0.1) is 0 Å². The second-order valence-electron chi connectivity index (χ2n) is 3.98. The zero-order chi connectivity index (χ0) is 12.5. The number of carbonyl (C=O) groups is 2. The minimum atomic E-state index is -0.232. The molecule has 0 saturated carbocycles. The van der Waals surface area contributed by atoms with Crippen molar-refractivity contribution in [2.45, 2.75) is 39.0 Å². The molecule has 0 N–H and O–H groups in total. The maximum atomic E-state index is 11.5. The van der Waals surface area contributed by atoms with E-state index in [1.807, 2.05) is 0 Å². The van der Waals surface area contributed by atoms with Gasteiger partial charge in [0.25, 0.3) is 0 Å². The Labute approximate surface area is 102 Å². The second-order valence-corrected chi connectivity index (χ2v) is 3.98. The molecule has 0 fully saturated rings. The Morgan fingerprint density at radius 3 is 2.82 bits per heavy atom. The zero-order valence-corrected chi connectivity index (χ0v) is 10.1. The van der Waals surface area contributed by atoms with E-state index in [0.29, 0.717) is 17.7 Å². The molecule has 3 heteroatoms. The van der Waals surface area contributed by atoms with Crippen LogP contribution in [0.15, 0.2) is 24.3 Å². The van der Waals surface area contributed by atoms with E-state index in [9.17, 15) is 9.59 Å². The summed E-state index contributed by atoms with van der Waals surface area (Å²) in [6, 6.07) is 6.61. The van der Waals surface area contributed by atoms with Gasteiger partial charge in [-0.25, -0.2) is 0 Å². The molecule has 0 aliphatic carbocycles. The summed E-state index contributed by atoms with van der Waals surface area (Å²) >= 11 is 0. The first kappa shape index (κ1) is 13.4. The Hall–Kier alpha value is -1.64. The predicted molar refractivity (Wildman–Crippen MR) is 66.2 cm³/mol. The van der Waals surface area contributed by atoms with Gasteiger partial charge in [-0.05, 0) is 18.6 Å². The molecule has 0 saturated heterocycles. The van der Waals surface area contributed by atoms with Crippen LogP contribution in [-0.2, 0) is 4.79 Å². The fourth-order valence-corrected chi connectivity index (χ4v) is 1.53. The molecule has 0 amide bonds. The highest BCUT2D eigenvalue weighted by Gasteiger charge is 2.04. The molecule has 1 aromatic rings. The van der Waals surface area contributed by atoms with Crippen LogP contribution in [0.25, 0.3) is 0 Å². The molecule has 0 aliphatic heterocycles. The van der Waals surface area contributed by atoms with Gasteiger partial charge < -0.3 is 4.74 Å². The normalized spacial score (nSPS) is 9.94. The first-order valence-corrected chi connectivity index (χ1v) is 6.02. The lowest BCUT2D eigenvalue weighted by atomic mass is 10.1. The van der Waals surface area contributed by atoms with Crippen molar-refractivity contribution >= 4 is 12.3 Å². The van der Waals surface area contributed by atoms with Crippen LogP contribution in [0.4, 0.5) is 0 Å². The van der Waals surface area contributed by atoms with Crippen LogP contribution in [0.3, 0.4) is 0 Å². The van der Waals surface area contributed by atoms with E-state index in [0.717, 1.165) is 32.0 Å². The van der Waals surface area contributed by atoms with Gasteiger partial charge in [-0.3, -0.25) is 9.59 Å². The minimum Gasteiger partial charge on any atom is -0.427 e. The molecular weight excluding hydrogens is 216 g/mol. The van der Waals surface area contributed by atoms with Crippen molar-refractivity contribution in [3.63, 3.8) is 0 Å². The number of aldehydes is 1. The second kappa shape index (κ2) is 7.60. The lowest BCUT2D eigenvalue weighted by Crippen LogP contribution is -2.07. The number of hydrogen-bond donors (Lipinski definition) is 0. The molecule has 0 atom stereocenters. The Bertz CT molecular complexity index is 371. The third-order valence-electron chi connectivity index (χ3n) is 2.46. The number of unbranched alkanes of at least 4 members (excludes halogenated alkanes) is 3. The van der Waals surface area contributed by atoms with E-state index in [4.69, 9.17) is 4.74 Å². The van der Waals surface area contributed by atoms with Crippen LogP contribution >= 0.6 is 0 Å². The molecule has 0 spiro atoms. The standard InChI is InChI=1S/C14H18O3/c1-2-3-4-5-9-14(16)17-13-8-6-7-12(10-13)11-15/h6-8,10-11H,2-5,9H2,1H3.